The summed E-state index contributed by atoms with van der Waals surface area (Å²) in [5, 5.41) is 16.7. The molecular weight excluding hydrogens is 528 g/mol. The van der Waals surface area contributed by atoms with Crippen LogP contribution in [-0.4, -0.2) is 80.7 Å². The van der Waals surface area contributed by atoms with Crippen molar-refractivity contribution in [2.24, 2.45) is 4.99 Å². The molecule has 0 saturated carbocycles. The fraction of sp³-hybridized carbons (Fsp3) is 0.650. The van der Waals surface area contributed by atoms with E-state index in [1.807, 2.05) is 6.92 Å². The Morgan fingerprint density at radius 2 is 1.90 bits per heavy atom. The van der Waals surface area contributed by atoms with E-state index in [1.165, 1.54) is 18.2 Å². The minimum absolute atomic E-state index is 0. The van der Waals surface area contributed by atoms with Gasteiger partial charge in [0.25, 0.3) is 0 Å². The zero-order chi connectivity index (χ0) is 22.0. The molecule has 0 spiro atoms. The summed E-state index contributed by atoms with van der Waals surface area (Å²) in [5.41, 5.74) is -1.81. The quantitative estimate of drug-likeness (QED) is 0.186. The van der Waals surface area contributed by atoms with Gasteiger partial charge < -0.3 is 25.2 Å². The number of β-amino-alcohol motifs (C(OH)–C–C–N with tert-alkyl or cyclic N) is 1. The van der Waals surface area contributed by atoms with Gasteiger partial charge >= 0.3 is 6.18 Å². The number of hydrogen-bond donors (Lipinski definition) is 3. The van der Waals surface area contributed by atoms with Crippen LogP contribution in [0.15, 0.2) is 29.3 Å². The monoisotopic (exact) mass is 560 g/mol. The van der Waals surface area contributed by atoms with Crippen LogP contribution < -0.4 is 15.4 Å². The van der Waals surface area contributed by atoms with Gasteiger partial charge in [0.2, 0.25) is 0 Å². The van der Waals surface area contributed by atoms with Crippen LogP contribution in [0.2, 0.25) is 0 Å². The lowest BCUT2D eigenvalue weighted by Gasteiger charge is -2.33. The molecule has 1 aliphatic heterocycles. The van der Waals surface area contributed by atoms with Crippen LogP contribution >= 0.6 is 24.0 Å². The number of hydrogen-bond acceptors (Lipinski definition) is 5. The topological polar surface area (TPSA) is 78.4 Å². The second kappa shape index (κ2) is 13.3. The van der Waals surface area contributed by atoms with Crippen molar-refractivity contribution in [2.75, 3.05) is 59.1 Å². The molecule has 11 heteroatoms. The second-order valence-corrected chi connectivity index (χ2v) is 7.35. The Hall–Kier alpha value is -1.31. The van der Waals surface area contributed by atoms with Gasteiger partial charge in [0.05, 0.1) is 37.5 Å². The third-order valence-electron chi connectivity index (χ3n) is 4.43. The van der Waals surface area contributed by atoms with Gasteiger partial charge in [-0.2, -0.15) is 13.2 Å². The summed E-state index contributed by atoms with van der Waals surface area (Å²) in [6.45, 7) is 8.03. The summed E-state index contributed by atoms with van der Waals surface area (Å²) < 4.78 is 49.6. The molecule has 0 radical (unpaired) electrons. The van der Waals surface area contributed by atoms with Crippen LogP contribution in [0, 0.1) is 0 Å². The molecular formula is C20H32F3IN4O3. The zero-order valence-electron chi connectivity index (χ0n) is 17.9. The summed E-state index contributed by atoms with van der Waals surface area (Å²) in [5.74, 6) is 0.259. The summed E-state index contributed by atoms with van der Waals surface area (Å²) in [6.07, 6.45) is -4.47. The molecule has 1 fully saturated rings. The Bertz CT molecular complexity index is 684. The lowest BCUT2D eigenvalue weighted by Crippen LogP contribution is -2.48. The lowest BCUT2D eigenvalue weighted by atomic mass is 10.1. The molecule has 0 bridgehead atoms. The van der Waals surface area contributed by atoms with E-state index in [4.69, 9.17) is 9.47 Å². The predicted molar refractivity (Wildman–Crippen MR) is 124 cm³/mol. The van der Waals surface area contributed by atoms with Crippen molar-refractivity contribution in [1.29, 1.82) is 0 Å². The van der Waals surface area contributed by atoms with Gasteiger partial charge in [-0.05, 0) is 26.0 Å². The Labute approximate surface area is 198 Å². The molecule has 1 aromatic rings. The summed E-state index contributed by atoms with van der Waals surface area (Å²) in [4.78, 5) is 6.53. The number of guanidine groups is 1. The number of morpholine rings is 1. The van der Waals surface area contributed by atoms with Gasteiger partial charge in [0.15, 0.2) is 5.96 Å². The van der Waals surface area contributed by atoms with Crippen molar-refractivity contribution in [3.8, 4) is 5.75 Å². The molecule has 1 saturated heterocycles. The molecule has 7 nitrogen and oxygen atoms in total. The van der Waals surface area contributed by atoms with Gasteiger partial charge in [-0.25, -0.2) is 0 Å². The number of benzene rings is 1. The number of aliphatic hydroxyl groups is 1. The van der Waals surface area contributed by atoms with Crippen LogP contribution in [0.1, 0.15) is 19.4 Å². The number of ether oxygens (including phenoxy) is 2. The van der Waals surface area contributed by atoms with Gasteiger partial charge in [0, 0.05) is 26.2 Å². The minimum atomic E-state index is -4.47. The maximum absolute atomic E-state index is 13.0. The van der Waals surface area contributed by atoms with E-state index >= 15 is 0 Å². The van der Waals surface area contributed by atoms with E-state index in [2.05, 4.69) is 20.5 Å². The fourth-order valence-electron chi connectivity index (χ4n) is 3.04. The first-order valence-corrected chi connectivity index (χ1v) is 10.0. The Morgan fingerprint density at radius 1 is 1.23 bits per heavy atom. The van der Waals surface area contributed by atoms with Gasteiger partial charge in [0.1, 0.15) is 12.4 Å². The lowest BCUT2D eigenvalue weighted by molar-refractivity contribution is -0.138. The summed E-state index contributed by atoms with van der Waals surface area (Å²) >= 11 is 0. The highest BCUT2D eigenvalue weighted by Gasteiger charge is 2.34. The maximum Gasteiger partial charge on any atom is 0.419 e. The highest BCUT2D eigenvalue weighted by molar-refractivity contribution is 14.0. The summed E-state index contributed by atoms with van der Waals surface area (Å²) in [6, 6.07) is 5.11. The molecule has 0 aliphatic carbocycles. The van der Waals surface area contributed by atoms with Gasteiger partial charge in [-0.15, -0.1) is 24.0 Å². The highest BCUT2D eigenvalue weighted by Crippen LogP contribution is 2.35. The fourth-order valence-corrected chi connectivity index (χ4v) is 3.04. The van der Waals surface area contributed by atoms with Gasteiger partial charge in [-0.1, -0.05) is 12.1 Å². The number of alkyl halides is 3. The molecule has 178 valence electrons. The van der Waals surface area contributed by atoms with Crippen LogP contribution in [0.5, 0.6) is 5.75 Å². The first-order valence-electron chi connectivity index (χ1n) is 10.0. The number of para-hydroxylation sites is 1. The number of halogens is 4. The average molecular weight is 560 g/mol. The van der Waals surface area contributed by atoms with Crippen molar-refractivity contribution in [3.63, 3.8) is 0 Å². The van der Waals surface area contributed by atoms with E-state index in [9.17, 15) is 18.3 Å². The van der Waals surface area contributed by atoms with Crippen LogP contribution in [0.25, 0.3) is 0 Å². The number of aliphatic imine (C=N–C) groups is 1. The molecule has 0 amide bonds. The number of rotatable bonds is 9. The van der Waals surface area contributed by atoms with Crippen molar-refractivity contribution in [3.05, 3.63) is 29.8 Å². The molecule has 31 heavy (non-hydrogen) atoms. The minimum Gasteiger partial charge on any atom is -0.491 e. The van der Waals surface area contributed by atoms with E-state index in [-0.39, 0.29) is 49.4 Å². The largest absolute Gasteiger partial charge is 0.491 e. The van der Waals surface area contributed by atoms with E-state index in [0.29, 0.717) is 32.3 Å². The first kappa shape index (κ1) is 27.7. The van der Waals surface area contributed by atoms with Crippen molar-refractivity contribution in [2.45, 2.75) is 25.6 Å². The first-order chi connectivity index (χ1) is 14.2. The van der Waals surface area contributed by atoms with Crippen molar-refractivity contribution >= 4 is 29.9 Å². The molecule has 1 heterocycles. The highest BCUT2D eigenvalue weighted by atomic mass is 127. The average Bonchev–Trinajstić information content (AvgIpc) is 2.69. The van der Waals surface area contributed by atoms with E-state index < -0.39 is 17.3 Å². The number of nitrogens with one attached hydrogen (secondary N) is 2. The van der Waals surface area contributed by atoms with Crippen LogP contribution in [0.4, 0.5) is 13.2 Å². The maximum atomic E-state index is 13.0. The standard InChI is InChI=1S/C20H31F3N4O3.HI/c1-3-24-18(26-14-19(2,28)15-27-9-12-29-13-10-27)25-8-11-30-17-7-5-4-6-16(17)20(21,22)23;/h4-7,28H,3,8-15H2,1-2H3,(H2,24,25,26);1H. The molecule has 1 unspecified atom stereocenters. The van der Waals surface area contributed by atoms with Crippen LogP contribution in [-0.2, 0) is 10.9 Å². The number of nitrogens with zero attached hydrogens (tertiary/aromatic N) is 2. The zero-order valence-corrected chi connectivity index (χ0v) is 20.2. The van der Waals surface area contributed by atoms with E-state index in [0.717, 1.165) is 19.2 Å². The van der Waals surface area contributed by atoms with Crippen molar-refractivity contribution in [1.82, 2.24) is 15.5 Å². The predicted octanol–water partition coefficient (Wildman–Crippen LogP) is 2.34. The Kier molecular flexibility index (Phi) is 11.9. The SMILES string of the molecule is CCNC(=NCC(C)(O)CN1CCOCC1)NCCOc1ccccc1C(F)(F)F.I. The summed E-state index contributed by atoms with van der Waals surface area (Å²) in [7, 11) is 0. The van der Waals surface area contributed by atoms with E-state index in [1.54, 1.807) is 6.92 Å². The van der Waals surface area contributed by atoms with Crippen molar-refractivity contribution < 1.29 is 27.8 Å². The molecule has 1 atom stereocenters. The smallest absolute Gasteiger partial charge is 0.419 e. The van der Waals surface area contributed by atoms with Crippen LogP contribution in [0.3, 0.4) is 0 Å². The molecule has 0 aromatic heterocycles. The van der Waals surface area contributed by atoms with Gasteiger partial charge in [-0.3, -0.25) is 9.89 Å². The Morgan fingerprint density at radius 3 is 2.55 bits per heavy atom. The third kappa shape index (κ3) is 10.2. The molecule has 2 rings (SSSR count). The molecule has 1 aromatic carbocycles. The molecule has 3 N–H and O–H groups in total. The Balaban J connectivity index is 0.00000480. The molecule has 1 aliphatic rings. The normalized spacial score (nSPS) is 17.4. The third-order valence-corrected chi connectivity index (χ3v) is 4.43. The second-order valence-electron chi connectivity index (χ2n) is 7.35.